The van der Waals surface area contributed by atoms with Crippen molar-refractivity contribution in [2.75, 3.05) is 0 Å². The van der Waals surface area contributed by atoms with E-state index in [1.54, 1.807) is 12.3 Å². The summed E-state index contributed by atoms with van der Waals surface area (Å²) in [5, 5.41) is 5.80. The number of hydrogen-bond acceptors (Lipinski definition) is 4. The lowest BCUT2D eigenvalue weighted by atomic mass is 9.88. The van der Waals surface area contributed by atoms with Gasteiger partial charge >= 0.3 is 0 Å². The van der Waals surface area contributed by atoms with Crippen LogP contribution in [0.1, 0.15) is 55.2 Å². The molecule has 2 aromatic heterocycles. The third kappa shape index (κ3) is 4.00. The number of benzene rings is 2. The van der Waals surface area contributed by atoms with Gasteiger partial charge in [0.15, 0.2) is 0 Å². The zero-order valence-electron chi connectivity index (χ0n) is 17.9. The molecule has 32 heavy (non-hydrogen) atoms. The first kappa shape index (κ1) is 20.7. The maximum absolute atomic E-state index is 13.3. The summed E-state index contributed by atoms with van der Waals surface area (Å²) in [6.07, 6.45) is 7.17. The molecule has 162 valence electrons. The first-order chi connectivity index (χ1) is 15.6. The third-order valence-corrected chi connectivity index (χ3v) is 6.54. The van der Waals surface area contributed by atoms with Crippen molar-refractivity contribution < 1.29 is 4.42 Å². The SMILES string of the molecule is Cc1ccc(-c2ccc(C=Nn3c(C4CCCCC4)nc4ccccc4c3=O)o2)cc1Cl. The number of fused-ring (bicyclic) bond motifs is 1. The molecule has 5 rings (SSSR count). The van der Waals surface area contributed by atoms with Gasteiger partial charge in [-0.2, -0.15) is 9.78 Å². The molecular weight excluding hydrogens is 422 g/mol. The second-order valence-electron chi connectivity index (χ2n) is 8.35. The minimum atomic E-state index is -0.149. The number of rotatable bonds is 4. The van der Waals surface area contributed by atoms with Crippen molar-refractivity contribution in [3.05, 3.63) is 87.1 Å². The maximum Gasteiger partial charge on any atom is 0.282 e. The summed E-state index contributed by atoms with van der Waals surface area (Å²) in [7, 11) is 0. The second-order valence-corrected chi connectivity index (χ2v) is 8.76. The first-order valence-corrected chi connectivity index (χ1v) is 11.4. The van der Waals surface area contributed by atoms with Crippen LogP contribution in [0.15, 0.2) is 68.9 Å². The van der Waals surface area contributed by atoms with E-state index >= 15 is 0 Å². The Labute approximate surface area is 191 Å². The highest BCUT2D eigenvalue weighted by molar-refractivity contribution is 6.31. The van der Waals surface area contributed by atoms with E-state index in [0.29, 0.717) is 21.9 Å². The Balaban J connectivity index is 1.53. The Hall–Kier alpha value is -3.18. The summed E-state index contributed by atoms with van der Waals surface area (Å²) in [5.74, 6) is 2.23. The van der Waals surface area contributed by atoms with E-state index < -0.39 is 0 Å². The average Bonchev–Trinajstić information content (AvgIpc) is 3.30. The number of hydrogen-bond donors (Lipinski definition) is 0. The van der Waals surface area contributed by atoms with Gasteiger partial charge in [0.1, 0.15) is 17.3 Å². The summed E-state index contributed by atoms with van der Waals surface area (Å²) < 4.78 is 7.42. The molecule has 5 nitrogen and oxygen atoms in total. The average molecular weight is 446 g/mol. The molecule has 2 aromatic carbocycles. The highest BCUT2D eigenvalue weighted by Crippen LogP contribution is 2.32. The molecular formula is C26H24ClN3O2. The molecule has 1 aliphatic rings. The van der Waals surface area contributed by atoms with E-state index in [0.717, 1.165) is 48.2 Å². The fourth-order valence-electron chi connectivity index (χ4n) is 4.32. The van der Waals surface area contributed by atoms with Gasteiger partial charge in [0, 0.05) is 16.5 Å². The Kier molecular flexibility index (Phi) is 5.66. The fraction of sp³-hybridized carbons (Fsp3) is 0.269. The van der Waals surface area contributed by atoms with Crippen LogP contribution in [0.25, 0.3) is 22.2 Å². The van der Waals surface area contributed by atoms with Crippen LogP contribution >= 0.6 is 11.6 Å². The van der Waals surface area contributed by atoms with Crippen molar-refractivity contribution in [1.29, 1.82) is 0 Å². The molecule has 0 N–H and O–H groups in total. The van der Waals surface area contributed by atoms with Crippen molar-refractivity contribution in [3.63, 3.8) is 0 Å². The zero-order valence-corrected chi connectivity index (χ0v) is 18.7. The standard InChI is InChI=1S/C26H24ClN3O2/c1-17-11-12-19(15-22(17)27)24-14-13-20(32-24)16-28-30-25(18-7-3-2-4-8-18)29-23-10-6-5-9-21(23)26(30)31/h5-6,9-16,18H,2-4,7-8H2,1H3. The molecule has 0 unspecified atom stereocenters. The van der Waals surface area contributed by atoms with E-state index in [1.165, 1.54) is 11.1 Å². The van der Waals surface area contributed by atoms with Crippen molar-refractivity contribution in [2.45, 2.75) is 44.9 Å². The number of aryl methyl sites for hydroxylation is 1. The summed E-state index contributed by atoms with van der Waals surface area (Å²) in [4.78, 5) is 18.1. The molecule has 1 saturated carbocycles. The molecule has 1 aliphatic carbocycles. The number of aromatic nitrogens is 2. The molecule has 4 aromatic rings. The van der Waals surface area contributed by atoms with Crippen LogP contribution in [0, 0.1) is 6.92 Å². The van der Waals surface area contributed by atoms with E-state index in [4.69, 9.17) is 21.0 Å². The second kappa shape index (κ2) is 8.75. The Morgan fingerprint density at radius 3 is 2.72 bits per heavy atom. The molecule has 0 atom stereocenters. The number of halogens is 1. The van der Waals surface area contributed by atoms with Gasteiger partial charge in [0.25, 0.3) is 5.56 Å². The van der Waals surface area contributed by atoms with Gasteiger partial charge < -0.3 is 4.42 Å². The highest BCUT2D eigenvalue weighted by atomic mass is 35.5. The molecule has 0 aliphatic heterocycles. The Bertz CT molecular complexity index is 1360. The van der Waals surface area contributed by atoms with Gasteiger partial charge in [-0.3, -0.25) is 4.79 Å². The lowest BCUT2D eigenvalue weighted by molar-refractivity contribution is 0.416. The van der Waals surface area contributed by atoms with Crippen molar-refractivity contribution in [3.8, 4) is 11.3 Å². The van der Waals surface area contributed by atoms with E-state index in [-0.39, 0.29) is 11.5 Å². The van der Waals surface area contributed by atoms with Crippen LogP contribution in [0.4, 0.5) is 0 Å². The van der Waals surface area contributed by atoms with Gasteiger partial charge in [-0.05, 0) is 55.7 Å². The summed E-state index contributed by atoms with van der Waals surface area (Å²) in [6.45, 7) is 1.96. The first-order valence-electron chi connectivity index (χ1n) is 11.0. The molecule has 6 heteroatoms. The van der Waals surface area contributed by atoms with Crippen molar-refractivity contribution >= 4 is 28.7 Å². The van der Waals surface area contributed by atoms with Crippen LogP contribution in [-0.4, -0.2) is 15.9 Å². The normalized spacial score (nSPS) is 15.1. The minimum Gasteiger partial charge on any atom is -0.455 e. The molecule has 0 saturated heterocycles. The quantitative estimate of drug-likeness (QED) is 0.335. The summed E-state index contributed by atoms with van der Waals surface area (Å²) >= 11 is 6.26. The minimum absolute atomic E-state index is 0.149. The van der Waals surface area contributed by atoms with Crippen LogP contribution in [0.3, 0.4) is 0 Å². The van der Waals surface area contributed by atoms with E-state index in [9.17, 15) is 4.79 Å². The predicted octanol–water partition coefficient (Wildman–Crippen LogP) is 6.55. The smallest absolute Gasteiger partial charge is 0.282 e. The van der Waals surface area contributed by atoms with Gasteiger partial charge in [-0.25, -0.2) is 4.98 Å². The Morgan fingerprint density at radius 2 is 1.91 bits per heavy atom. The monoisotopic (exact) mass is 445 g/mol. The highest BCUT2D eigenvalue weighted by Gasteiger charge is 2.22. The van der Waals surface area contributed by atoms with Crippen LogP contribution in [-0.2, 0) is 0 Å². The largest absolute Gasteiger partial charge is 0.455 e. The van der Waals surface area contributed by atoms with Crippen LogP contribution in [0.2, 0.25) is 5.02 Å². The van der Waals surface area contributed by atoms with Gasteiger partial charge in [0.05, 0.1) is 17.1 Å². The molecule has 0 bridgehead atoms. The van der Waals surface area contributed by atoms with Crippen molar-refractivity contribution in [2.24, 2.45) is 5.10 Å². The van der Waals surface area contributed by atoms with E-state index in [2.05, 4.69) is 5.10 Å². The lowest BCUT2D eigenvalue weighted by Gasteiger charge is -2.22. The predicted molar refractivity (Wildman–Crippen MR) is 129 cm³/mol. The fourth-order valence-corrected chi connectivity index (χ4v) is 4.50. The molecule has 2 heterocycles. The van der Waals surface area contributed by atoms with Crippen LogP contribution in [0.5, 0.6) is 0 Å². The molecule has 0 radical (unpaired) electrons. The van der Waals surface area contributed by atoms with Crippen molar-refractivity contribution in [1.82, 2.24) is 9.66 Å². The topological polar surface area (TPSA) is 60.4 Å². The maximum atomic E-state index is 13.3. The number of nitrogens with zero attached hydrogens (tertiary/aromatic N) is 3. The summed E-state index contributed by atoms with van der Waals surface area (Å²) in [5.41, 5.74) is 2.49. The van der Waals surface area contributed by atoms with Gasteiger partial charge in [-0.15, -0.1) is 0 Å². The van der Waals surface area contributed by atoms with Gasteiger partial charge in [0.2, 0.25) is 0 Å². The molecule has 1 fully saturated rings. The number of para-hydroxylation sites is 1. The van der Waals surface area contributed by atoms with E-state index in [1.807, 2.05) is 55.5 Å². The molecule has 0 amide bonds. The van der Waals surface area contributed by atoms with Gasteiger partial charge in [-0.1, -0.05) is 55.1 Å². The molecule has 0 spiro atoms. The zero-order chi connectivity index (χ0) is 22.1. The third-order valence-electron chi connectivity index (χ3n) is 6.13. The lowest BCUT2D eigenvalue weighted by Crippen LogP contribution is -2.25. The number of furan rings is 1. The van der Waals surface area contributed by atoms with Crippen LogP contribution < -0.4 is 5.56 Å². The summed E-state index contributed by atoms with van der Waals surface area (Å²) in [6, 6.07) is 17.0. The Morgan fingerprint density at radius 1 is 1.09 bits per heavy atom.